The first kappa shape index (κ1) is 19.3. The fourth-order valence-corrected chi connectivity index (χ4v) is 3.59. The normalized spacial score (nSPS) is 17.4. The van der Waals surface area contributed by atoms with Crippen LogP contribution in [0.2, 0.25) is 0 Å². The van der Waals surface area contributed by atoms with Crippen molar-refractivity contribution in [3.63, 3.8) is 0 Å². The van der Waals surface area contributed by atoms with Gasteiger partial charge in [-0.3, -0.25) is 0 Å². The van der Waals surface area contributed by atoms with Gasteiger partial charge in [-0.2, -0.15) is 5.26 Å². The Hall–Kier alpha value is -3.98. The number of benzene rings is 3. The van der Waals surface area contributed by atoms with Gasteiger partial charge in [0.15, 0.2) is 0 Å². The lowest BCUT2D eigenvalue weighted by Crippen LogP contribution is -2.39. The van der Waals surface area contributed by atoms with Gasteiger partial charge in [-0.25, -0.2) is 4.79 Å². The molecule has 0 aromatic heterocycles. The number of carbonyl (C=O) groups is 1. The first-order chi connectivity index (χ1) is 14.6. The van der Waals surface area contributed by atoms with E-state index >= 15 is 0 Å². The summed E-state index contributed by atoms with van der Waals surface area (Å²) in [4.78, 5) is 13.8. The van der Waals surface area contributed by atoms with Crippen molar-refractivity contribution in [1.29, 1.82) is 5.26 Å². The zero-order valence-electron chi connectivity index (χ0n) is 16.4. The third-order valence-electron chi connectivity index (χ3n) is 4.98. The molecule has 1 N–H and O–H groups in total. The van der Waals surface area contributed by atoms with Crippen LogP contribution in [0.5, 0.6) is 11.5 Å². The van der Waals surface area contributed by atoms with Gasteiger partial charge in [0, 0.05) is 11.3 Å². The average Bonchev–Trinajstić information content (AvgIpc) is 2.78. The van der Waals surface area contributed by atoms with Crippen LogP contribution in [0.1, 0.15) is 40.7 Å². The van der Waals surface area contributed by atoms with Gasteiger partial charge in [-0.1, -0.05) is 30.3 Å². The summed E-state index contributed by atoms with van der Waals surface area (Å²) < 4.78 is 11.3. The van der Waals surface area contributed by atoms with Gasteiger partial charge in [-0.05, 0) is 49.4 Å². The predicted molar refractivity (Wildman–Crippen MR) is 111 cm³/mol. The Bertz CT molecular complexity index is 1100. The summed E-state index contributed by atoms with van der Waals surface area (Å²) in [5, 5.41) is 20.5. The Morgan fingerprint density at radius 2 is 1.73 bits per heavy atom. The highest BCUT2D eigenvalue weighted by Gasteiger charge is 2.38. The molecule has 0 amide bonds. The molecule has 1 aliphatic heterocycles. The molecule has 1 aliphatic rings. The summed E-state index contributed by atoms with van der Waals surface area (Å²) in [6, 6.07) is 22.8. The van der Waals surface area contributed by atoms with Crippen molar-refractivity contribution in [1.82, 2.24) is 0 Å². The van der Waals surface area contributed by atoms with Crippen molar-refractivity contribution in [2.45, 2.75) is 19.2 Å². The van der Waals surface area contributed by atoms with Gasteiger partial charge in [0.05, 0.1) is 23.8 Å². The molecule has 3 aromatic rings. The van der Waals surface area contributed by atoms with Crippen molar-refractivity contribution in [2.24, 2.45) is 0 Å². The first-order valence-corrected chi connectivity index (χ1v) is 9.62. The molecule has 3 aromatic carbocycles. The quantitative estimate of drug-likeness (QED) is 0.638. The molecule has 0 aliphatic carbocycles. The number of anilines is 1. The van der Waals surface area contributed by atoms with Crippen LogP contribution in [0.25, 0.3) is 0 Å². The van der Waals surface area contributed by atoms with Gasteiger partial charge in [-0.15, -0.1) is 0 Å². The molecule has 30 heavy (non-hydrogen) atoms. The van der Waals surface area contributed by atoms with E-state index in [-0.39, 0.29) is 5.75 Å². The number of esters is 1. The molecule has 0 spiro atoms. The highest BCUT2D eigenvalue weighted by molar-refractivity contribution is 5.89. The van der Waals surface area contributed by atoms with E-state index in [1.54, 1.807) is 54.3 Å². The maximum Gasteiger partial charge on any atom is 0.338 e. The molecule has 1 heterocycles. The summed E-state index contributed by atoms with van der Waals surface area (Å²) in [5.74, 6) is 0.266. The van der Waals surface area contributed by atoms with Crippen LogP contribution in [-0.2, 0) is 4.74 Å². The van der Waals surface area contributed by atoms with E-state index < -0.39 is 18.2 Å². The fraction of sp³-hybridized carbons (Fsp3) is 0.167. The highest BCUT2D eigenvalue weighted by atomic mass is 16.5. The minimum absolute atomic E-state index is 0.0757. The summed E-state index contributed by atoms with van der Waals surface area (Å²) in [7, 11) is 0. The summed E-state index contributed by atoms with van der Waals surface area (Å²) in [6.07, 6.45) is -0.723. The van der Waals surface area contributed by atoms with Crippen LogP contribution in [0.4, 0.5) is 5.69 Å². The summed E-state index contributed by atoms with van der Waals surface area (Å²) in [5.41, 5.74) is 2.38. The second kappa shape index (κ2) is 8.18. The van der Waals surface area contributed by atoms with Gasteiger partial charge in [0.2, 0.25) is 6.23 Å². The number of ether oxygens (including phenoxy) is 2. The predicted octanol–water partition coefficient (Wildman–Crippen LogP) is 4.73. The monoisotopic (exact) mass is 400 g/mol. The minimum atomic E-state index is -0.723. The molecule has 6 nitrogen and oxygen atoms in total. The molecular formula is C24H20N2O4. The van der Waals surface area contributed by atoms with E-state index in [9.17, 15) is 15.2 Å². The zero-order chi connectivity index (χ0) is 21.1. The lowest BCUT2D eigenvalue weighted by molar-refractivity contribution is 0.0526. The van der Waals surface area contributed by atoms with Crippen LogP contribution in [0.3, 0.4) is 0 Å². The number of hydrogen-bond donors (Lipinski definition) is 1. The average molecular weight is 400 g/mol. The highest BCUT2D eigenvalue weighted by Crippen LogP contribution is 2.46. The number of nitriles is 1. The van der Waals surface area contributed by atoms with Crippen molar-refractivity contribution in [2.75, 3.05) is 11.5 Å². The van der Waals surface area contributed by atoms with E-state index in [0.717, 1.165) is 5.56 Å². The van der Waals surface area contributed by atoms with E-state index in [1.165, 1.54) is 0 Å². The van der Waals surface area contributed by atoms with Gasteiger partial charge < -0.3 is 19.5 Å². The van der Waals surface area contributed by atoms with E-state index in [1.807, 2.05) is 30.3 Å². The maximum atomic E-state index is 12.0. The Kier molecular flexibility index (Phi) is 5.27. The maximum absolute atomic E-state index is 12.0. The topological polar surface area (TPSA) is 82.8 Å². The Morgan fingerprint density at radius 3 is 2.40 bits per heavy atom. The van der Waals surface area contributed by atoms with Crippen LogP contribution < -0.4 is 9.64 Å². The Labute approximate surface area is 174 Å². The lowest BCUT2D eigenvalue weighted by atomic mass is 9.99. The molecule has 6 heteroatoms. The molecule has 150 valence electrons. The zero-order valence-corrected chi connectivity index (χ0v) is 16.4. The number of fused-ring (bicyclic) bond motifs is 1. The molecule has 0 bridgehead atoms. The third kappa shape index (κ3) is 3.42. The Morgan fingerprint density at radius 1 is 1.07 bits per heavy atom. The van der Waals surface area contributed by atoms with Crippen molar-refractivity contribution >= 4 is 11.7 Å². The smallest absolute Gasteiger partial charge is 0.338 e. The van der Waals surface area contributed by atoms with E-state index in [4.69, 9.17) is 9.47 Å². The number of aromatic hydroxyl groups is 1. The standard InChI is InChI=1S/C24H20N2O4/c1-2-29-24(28)16-11-13-17(14-12-16)26-20(15-25)18-7-4-6-10-22(18)30-23(26)19-8-3-5-9-21(19)27/h3-14,20,23,27H,2H2,1H3/t20-,23-/m1/s1. The number of hydrogen-bond acceptors (Lipinski definition) is 6. The molecule has 2 atom stereocenters. The van der Waals surface area contributed by atoms with Crippen LogP contribution in [0.15, 0.2) is 72.8 Å². The molecule has 0 unspecified atom stereocenters. The second-order valence-electron chi connectivity index (χ2n) is 6.77. The number of para-hydroxylation sites is 2. The molecule has 0 saturated heterocycles. The molecule has 0 fully saturated rings. The van der Waals surface area contributed by atoms with Crippen molar-refractivity contribution in [3.05, 3.63) is 89.5 Å². The van der Waals surface area contributed by atoms with Crippen molar-refractivity contribution < 1.29 is 19.4 Å². The Balaban J connectivity index is 1.82. The number of phenolic OH excluding ortho intramolecular Hbond substituents is 1. The molecule has 4 rings (SSSR count). The van der Waals surface area contributed by atoms with Gasteiger partial charge in [0.1, 0.15) is 17.5 Å². The molecule has 0 radical (unpaired) electrons. The van der Waals surface area contributed by atoms with Crippen molar-refractivity contribution in [3.8, 4) is 17.6 Å². The van der Waals surface area contributed by atoms with E-state index in [0.29, 0.717) is 29.2 Å². The summed E-state index contributed by atoms with van der Waals surface area (Å²) in [6.45, 7) is 2.05. The molecule has 0 saturated carbocycles. The third-order valence-corrected chi connectivity index (χ3v) is 4.98. The fourth-order valence-electron chi connectivity index (χ4n) is 3.59. The van der Waals surface area contributed by atoms with Crippen LogP contribution in [-0.4, -0.2) is 17.7 Å². The minimum Gasteiger partial charge on any atom is -0.507 e. The number of carbonyl (C=O) groups excluding carboxylic acids is 1. The largest absolute Gasteiger partial charge is 0.507 e. The molecular weight excluding hydrogens is 380 g/mol. The van der Waals surface area contributed by atoms with E-state index in [2.05, 4.69) is 6.07 Å². The number of rotatable bonds is 4. The second-order valence-corrected chi connectivity index (χ2v) is 6.77. The van der Waals surface area contributed by atoms with Gasteiger partial charge in [0.25, 0.3) is 0 Å². The SMILES string of the molecule is CCOC(=O)c1ccc(N2[C@H](C#N)c3ccccc3O[C@@H]2c2ccccc2O)cc1. The number of phenols is 1. The van der Waals surface area contributed by atoms with Gasteiger partial charge >= 0.3 is 5.97 Å². The van der Waals surface area contributed by atoms with Crippen LogP contribution in [0, 0.1) is 11.3 Å². The van der Waals surface area contributed by atoms with Crippen LogP contribution >= 0.6 is 0 Å². The first-order valence-electron chi connectivity index (χ1n) is 9.62. The summed E-state index contributed by atoms with van der Waals surface area (Å²) >= 11 is 0. The lowest BCUT2D eigenvalue weighted by Gasteiger charge is -2.41. The number of nitrogens with zero attached hydrogens (tertiary/aromatic N) is 2.